The number of aromatic nitrogens is 3. The van der Waals surface area contributed by atoms with Crippen LogP contribution in [0.15, 0.2) is 46.0 Å². The highest BCUT2D eigenvalue weighted by molar-refractivity contribution is 7.99. The molecular weight excluding hydrogens is 382 g/mol. The fraction of sp³-hybridized carbons (Fsp3) is 0.176. The predicted molar refractivity (Wildman–Crippen MR) is 111 cm³/mol. The lowest BCUT2D eigenvalue weighted by molar-refractivity contribution is -0.113. The molecule has 0 saturated carbocycles. The largest absolute Gasteiger partial charge is 0.334 e. The Morgan fingerprint density at radius 3 is 2.96 bits per heavy atom. The second-order valence-corrected chi connectivity index (χ2v) is 7.64. The average Bonchev–Trinajstić information content (AvgIpc) is 3.27. The molecule has 1 amide bonds. The first-order valence-electron chi connectivity index (χ1n) is 8.06. The van der Waals surface area contributed by atoms with Gasteiger partial charge in [0.15, 0.2) is 0 Å². The van der Waals surface area contributed by atoms with Gasteiger partial charge in [0.25, 0.3) is 5.95 Å². The predicted octanol–water partition coefficient (Wildman–Crippen LogP) is 2.85. The molecule has 0 fully saturated rings. The van der Waals surface area contributed by atoms with Crippen molar-refractivity contribution in [2.75, 3.05) is 22.3 Å². The van der Waals surface area contributed by atoms with E-state index in [4.69, 9.17) is 5.84 Å². The van der Waals surface area contributed by atoms with Crippen LogP contribution in [-0.4, -0.2) is 32.7 Å². The molecule has 0 aliphatic carbocycles. The van der Waals surface area contributed by atoms with E-state index in [9.17, 15) is 4.79 Å². The molecule has 10 heteroatoms. The van der Waals surface area contributed by atoms with Gasteiger partial charge in [0.05, 0.1) is 12.0 Å². The molecule has 0 radical (unpaired) electrons. The standard InChI is InChI=1S/C17H19N7OS2/c1-11-5-6-14(12(2)8-11)20-15(25)10-27-17-23-22-16(24(17)18)21-19-9-13-4-3-7-26-13/h3-9H,10,18H2,1-2H3,(H,20,25)(H,21,22)/b19-9+. The Morgan fingerprint density at radius 1 is 1.37 bits per heavy atom. The summed E-state index contributed by atoms with van der Waals surface area (Å²) in [5, 5.41) is 17.2. The molecule has 3 rings (SSSR count). The summed E-state index contributed by atoms with van der Waals surface area (Å²) in [4.78, 5) is 13.2. The van der Waals surface area contributed by atoms with E-state index >= 15 is 0 Å². The molecule has 0 atom stereocenters. The van der Waals surface area contributed by atoms with Gasteiger partial charge in [-0.3, -0.25) is 4.79 Å². The van der Waals surface area contributed by atoms with Crippen LogP contribution >= 0.6 is 23.1 Å². The number of hydrogen-bond donors (Lipinski definition) is 3. The Labute approximate surface area is 164 Å². The van der Waals surface area contributed by atoms with Gasteiger partial charge in [-0.1, -0.05) is 35.5 Å². The summed E-state index contributed by atoms with van der Waals surface area (Å²) < 4.78 is 1.26. The highest BCUT2D eigenvalue weighted by atomic mass is 32.2. The highest BCUT2D eigenvalue weighted by Crippen LogP contribution is 2.19. The van der Waals surface area contributed by atoms with Crippen molar-refractivity contribution in [1.82, 2.24) is 14.9 Å². The number of nitrogen functional groups attached to an aromatic ring is 1. The minimum atomic E-state index is -0.139. The molecular formula is C17H19N7OS2. The number of thioether (sulfide) groups is 1. The first kappa shape index (κ1) is 18.9. The van der Waals surface area contributed by atoms with E-state index in [-0.39, 0.29) is 11.7 Å². The zero-order valence-corrected chi connectivity index (χ0v) is 16.5. The molecule has 3 aromatic rings. The number of hydrazone groups is 1. The van der Waals surface area contributed by atoms with Crippen LogP contribution in [0.1, 0.15) is 16.0 Å². The fourth-order valence-corrected chi connectivity index (χ4v) is 3.48. The normalized spacial score (nSPS) is 11.0. The van der Waals surface area contributed by atoms with E-state index in [0.29, 0.717) is 11.1 Å². The molecule has 0 unspecified atom stereocenters. The molecule has 2 heterocycles. The molecule has 0 aliphatic heterocycles. The number of nitrogens with zero attached hydrogens (tertiary/aromatic N) is 4. The van der Waals surface area contributed by atoms with Crippen molar-refractivity contribution in [3.63, 3.8) is 0 Å². The molecule has 2 aromatic heterocycles. The van der Waals surface area contributed by atoms with Gasteiger partial charge < -0.3 is 11.2 Å². The molecule has 4 N–H and O–H groups in total. The van der Waals surface area contributed by atoms with Crippen molar-refractivity contribution in [1.29, 1.82) is 0 Å². The zero-order chi connectivity index (χ0) is 19.2. The summed E-state index contributed by atoms with van der Waals surface area (Å²) >= 11 is 2.77. The summed E-state index contributed by atoms with van der Waals surface area (Å²) in [6.45, 7) is 3.97. The Hall–Kier alpha value is -2.85. The van der Waals surface area contributed by atoms with Crippen LogP contribution in [0.25, 0.3) is 0 Å². The number of nitrogens with one attached hydrogen (secondary N) is 2. The number of benzene rings is 1. The van der Waals surface area contributed by atoms with Crippen molar-refractivity contribution in [3.05, 3.63) is 51.7 Å². The molecule has 1 aromatic carbocycles. The van der Waals surface area contributed by atoms with Gasteiger partial charge in [0.1, 0.15) is 0 Å². The lowest BCUT2D eigenvalue weighted by atomic mass is 10.1. The summed E-state index contributed by atoms with van der Waals surface area (Å²) in [5.41, 5.74) is 5.71. The zero-order valence-electron chi connectivity index (χ0n) is 14.8. The monoisotopic (exact) mass is 401 g/mol. The quantitative estimate of drug-likeness (QED) is 0.243. The number of carbonyl (C=O) groups excluding carboxylic acids is 1. The minimum Gasteiger partial charge on any atom is -0.334 e. The molecule has 0 aliphatic rings. The molecule has 140 valence electrons. The topological polar surface area (TPSA) is 110 Å². The lowest BCUT2D eigenvalue weighted by Crippen LogP contribution is -2.17. The Bertz CT molecular complexity index is 950. The van der Waals surface area contributed by atoms with Crippen LogP contribution in [0.2, 0.25) is 0 Å². The number of aryl methyl sites for hydroxylation is 2. The van der Waals surface area contributed by atoms with Crippen molar-refractivity contribution in [2.24, 2.45) is 5.10 Å². The maximum atomic E-state index is 12.2. The molecule has 0 saturated heterocycles. The Balaban J connectivity index is 1.53. The van der Waals surface area contributed by atoms with E-state index in [1.165, 1.54) is 16.4 Å². The molecule has 8 nitrogen and oxygen atoms in total. The van der Waals surface area contributed by atoms with E-state index in [0.717, 1.165) is 21.7 Å². The van der Waals surface area contributed by atoms with Gasteiger partial charge in [0, 0.05) is 10.6 Å². The summed E-state index contributed by atoms with van der Waals surface area (Å²) in [6, 6.07) is 9.76. The fourth-order valence-electron chi connectivity index (χ4n) is 2.24. The maximum absolute atomic E-state index is 12.2. The van der Waals surface area contributed by atoms with Crippen molar-refractivity contribution in [2.45, 2.75) is 19.0 Å². The summed E-state index contributed by atoms with van der Waals surface area (Å²) in [5.74, 6) is 6.27. The summed E-state index contributed by atoms with van der Waals surface area (Å²) in [6.07, 6.45) is 1.67. The molecule has 0 bridgehead atoms. The molecule has 27 heavy (non-hydrogen) atoms. The van der Waals surface area contributed by atoms with Crippen LogP contribution in [0.3, 0.4) is 0 Å². The van der Waals surface area contributed by atoms with Crippen molar-refractivity contribution in [3.8, 4) is 0 Å². The third-order valence-electron chi connectivity index (χ3n) is 3.55. The SMILES string of the molecule is Cc1ccc(NC(=O)CSc2nnc(N/N=C/c3cccs3)n2N)c(C)c1. The van der Waals surface area contributed by atoms with Gasteiger partial charge in [-0.05, 0) is 36.9 Å². The van der Waals surface area contributed by atoms with Crippen molar-refractivity contribution >= 4 is 46.9 Å². The van der Waals surface area contributed by atoms with Crippen LogP contribution in [0.4, 0.5) is 11.6 Å². The maximum Gasteiger partial charge on any atom is 0.264 e. The van der Waals surface area contributed by atoms with Crippen molar-refractivity contribution < 1.29 is 4.79 Å². The number of rotatable bonds is 7. The first-order valence-corrected chi connectivity index (χ1v) is 9.92. The number of amides is 1. The number of hydrogen-bond acceptors (Lipinski definition) is 8. The van der Waals surface area contributed by atoms with E-state index < -0.39 is 0 Å². The third kappa shape index (κ3) is 5.08. The number of nitrogens with two attached hydrogens (primary N) is 1. The van der Waals surface area contributed by atoms with E-state index in [2.05, 4.69) is 26.0 Å². The van der Waals surface area contributed by atoms with Gasteiger partial charge >= 0.3 is 0 Å². The van der Waals surface area contributed by atoms with Gasteiger partial charge in [0.2, 0.25) is 11.1 Å². The lowest BCUT2D eigenvalue weighted by Gasteiger charge is -2.08. The summed E-state index contributed by atoms with van der Waals surface area (Å²) in [7, 11) is 0. The number of carbonyl (C=O) groups is 1. The minimum absolute atomic E-state index is 0.139. The first-order chi connectivity index (χ1) is 13.0. The number of anilines is 2. The number of thiophene rings is 1. The van der Waals surface area contributed by atoms with Gasteiger partial charge in [-0.2, -0.15) is 5.10 Å². The molecule has 0 spiro atoms. The van der Waals surface area contributed by atoms with Crippen LogP contribution in [-0.2, 0) is 4.79 Å². The average molecular weight is 402 g/mol. The van der Waals surface area contributed by atoms with Gasteiger partial charge in [-0.15, -0.1) is 21.5 Å². The van der Waals surface area contributed by atoms with Gasteiger partial charge in [-0.25, -0.2) is 10.1 Å². The Kier molecular flexibility index (Phi) is 6.09. The second-order valence-electron chi connectivity index (χ2n) is 5.72. The Morgan fingerprint density at radius 2 is 2.22 bits per heavy atom. The van der Waals surface area contributed by atoms with E-state index in [1.54, 1.807) is 17.6 Å². The third-order valence-corrected chi connectivity index (χ3v) is 5.30. The van der Waals surface area contributed by atoms with E-state index in [1.807, 2.05) is 49.6 Å². The highest BCUT2D eigenvalue weighted by Gasteiger charge is 2.12. The van der Waals surface area contributed by atoms with Crippen LogP contribution in [0, 0.1) is 13.8 Å². The van der Waals surface area contributed by atoms with Crippen LogP contribution < -0.4 is 16.6 Å². The smallest absolute Gasteiger partial charge is 0.264 e. The second kappa shape index (κ2) is 8.69. The van der Waals surface area contributed by atoms with Crippen LogP contribution in [0.5, 0.6) is 0 Å².